The van der Waals surface area contributed by atoms with E-state index in [-0.39, 0.29) is 17.5 Å². The van der Waals surface area contributed by atoms with E-state index in [2.05, 4.69) is 22.4 Å². The Hall–Kier alpha value is -3.18. The molecular formula is C26H20FN2OS2+. The summed E-state index contributed by atoms with van der Waals surface area (Å²) in [6.07, 6.45) is 11.3. The Morgan fingerprint density at radius 1 is 1.19 bits per heavy atom. The average Bonchev–Trinajstić information content (AvgIpc) is 3.29. The molecule has 5 rings (SSSR count). The zero-order chi connectivity index (χ0) is 22.2. The normalized spacial score (nSPS) is 17.8. The van der Waals surface area contributed by atoms with Crippen LogP contribution in [0.3, 0.4) is 0 Å². The molecule has 3 nitrogen and oxygen atoms in total. The van der Waals surface area contributed by atoms with Gasteiger partial charge < -0.3 is 4.90 Å². The fourth-order valence-corrected chi connectivity index (χ4v) is 5.78. The Kier molecular flexibility index (Phi) is 5.43. The van der Waals surface area contributed by atoms with Gasteiger partial charge in [-0.15, -0.1) is 0 Å². The number of rotatable bonds is 3. The Labute approximate surface area is 194 Å². The number of hydrogen-bond donors (Lipinski definition) is 0. The van der Waals surface area contributed by atoms with E-state index in [9.17, 15) is 9.18 Å². The number of hydrogen-bond acceptors (Lipinski definition) is 4. The van der Waals surface area contributed by atoms with Crippen molar-refractivity contribution < 1.29 is 13.8 Å². The highest BCUT2D eigenvalue weighted by Crippen LogP contribution is 2.44. The quantitative estimate of drug-likeness (QED) is 0.366. The third kappa shape index (κ3) is 3.89. The number of allylic oxidation sites excluding steroid dienone is 6. The van der Waals surface area contributed by atoms with Crippen LogP contribution >= 0.6 is 23.1 Å². The fraction of sp³-hybridized carbons (Fsp3) is 0.115. The summed E-state index contributed by atoms with van der Waals surface area (Å²) in [4.78, 5) is 15.4. The van der Waals surface area contributed by atoms with Crippen molar-refractivity contribution in [1.29, 1.82) is 0 Å². The lowest BCUT2D eigenvalue weighted by Crippen LogP contribution is -2.28. The van der Waals surface area contributed by atoms with Crippen LogP contribution in [0.5, 0.6) is 0 Å². The molecule has 0 saturated heterocycles. The molecule has 0 amide bonds. The van der Waals surface area contributed by atoms with Crippen molar-refractivity contribution >= 4 is 50.9 Å². The van der Waals surface area contributed by atoms with Crippen molar-refractivity contribution in [3.63, 3.8) is 0 Å². The number of aromatic nitrogens is 1. The number of benzene rings is 2. The summed E-state index contributed by atoms with van der Waals surface area (Å²) < 4.78 is 16.9. The summed E-state index contributed by atoms with van der Waals surface area (Å²) in [6.45, 7) is 0. The van der Waals surface area contributed by atoms with Crippen LogP contribution in [0.1, 0.15) is 5.01 Å². The van der Waals surface area contributed by atoms with Crippen molar-refractivity contribution in [3.05, 3.63) is 100 Å². The van der Waals surface area contributed by atoms with Crippen molar-refractivity contribution in [3.8, 4) is 0 Å². The first-order valence-corrected chi connectivity index (χ1v) is 11.8. The number of halogens is 1. The minimum Gasteiger partial charge on any atom is -0.332 e. The molecule has 2 aliphatic rings. The van der Waals surface area contributed by atoms with E-state index in [1.165, 1.54) is 22.3 Å². The van der Waals surface area contributed by atoms with E-state index < -0.39 is 0 Å². The summed E-state index contributed by atoms with van der Waals surface area (Å²) in [5, 5.41) is 1.98. The zero-order valence-corrected chi connectivity index (χ0v) is 19.2. The lowest BCUT2D eigenvalue weighted by atomic mass is 9.96. The van der Waals surface area contributed by atoms with Crippen LogP contribution in [0.4, 0.5) is 10.1 Å². The summed E-state index contributed by atoms with van der Waals surface area (Å²) in [5.41, 5.74) is 6.01. The van der Waals surface area contributed by atoms with Gasteiger partial charge in [-0.05, 0) is 42.5 Å². The molecule has 0 bridgehead atoms. The Morgan fingerprint density at radius 3 is 2.88 bits per heavy atom. The molecule has 1 atom stereocenters. The van der Waals surface area contributed by atoms with Crippen molar-refractivity contribution in [2.45, 2.75) is 4.90 Å². The number of thioether (sulfide) groups is 1. The van der Waals surface area contributed by atoms with Gasteiger partial charge in [0.1, 0.15) is 22.6 Å². The standard InChI is InChI=1S/C26H20FN2OS2/c1-28-20-5-3-4-6-23(20)31-26(28)14-9-18-15-17(7-11-22(18)30)8-13-25-29(2)21-16-19(27)10-12-24(21)32-25/h3-12,14-17H,1-2H3/q+1/b14-9+. The maximum atomic E-state index is 13.6. The van der Waals surface area contributed by atoms with Crippen LogP contribution in [-0.2, 0) is 11.8 Å². The fourth-order valence-electron chi connectivity index (χ4n) is 3.72. The van der Waals surface area contributed by atoms with Crippen molar-refractivity contribution in [2.24, 2.45) is 13.0 Å². The molecule has 32 heavy (non-hydrogen) atoms. The number of carbonyl (C=O) groups excluding carboxylic acids is 1. The highest BCUT2D eigenvalue weighted by atomic mass is 32.2. The number of aryl methyl sites for hydroxylation is 1. The van der Waals surface area contributed by atoms with Gasteiger partial charge in [-0.25, -0.2) is 4.39 Å². The van der Waals surface area contributed by atoms with Gasteiger partial charge in [-0.2, -0.15) is 4.57 Å². The zero-order valence-electron chi connectivity index (χ0n) is 17.6. The number of fused-ring (bicyclic) bond motifs is 2. The van der Waals surface area contributed by atoms with Crippen LogP contribution in [0.2, 0.25) is 0 Å². The Bertz CT molecular complexity index is 1410. The van der Waals surface area contributed by atoms with Gasteiger partial charge in [0, 0.05) is 35.6 Å². The molecule has 0 fully saturated rings. The molecule has 1 aliphatic carbocycles. The first kappa shape index (κ1) is 20.7. The third-order valence-electron chi connectivity index (χ3n) is 5.50. The lowest BCUT2D eigenvalue weighted by molar-refractivity contribution is -0.642. The van der Waals surface area contributed by atoms with Crippen LogP contribution in [0.25, 0.3) is 16.3 Å². The van der Waals surface area contributed by atoms with Gasteiger partial charge in [0.05, 0.1) is 5.69 Å². The van der Waals surface area contributed by atoms with Crippen LogP contribution < -0.4 is 9.47 Å². The molecule has 1 aliphatic heterocycles. The molecule has 0 radical (unpaired) electrons. The average molecular weight is 460 g/mol. The second-order valence-electron chi connectivity index (χ2n) is 7.61. The molecule has 2 heterocycles. The predicted molar refractivity (Wildman–Crippen MR) is 130 cm³/mol. The lowest BCUT2D eigenvalue weighted by Gasteiger charge is -2.12. The molecule has 0 saturated carbocycles. The van der Waals surface area contributed by atoms with Crippen molar-refractivity contribution in [2.75, 3.05) is 11.9 Å². The van der Waals surface area contributed by atoms with Crippen LogP contribution in [-0.4, -0.2) is 12.8 Å². The van der Waals surface area contributed by atoms with E-state index in [1.807, 2.05) is 61.5 Å². The van der Waals surface area contributed by atoms with Gasteiger partial charge in [-0.3, -0.25) is 4.79 Å². The number of para-hydroxylation sites is 1. The molecule has 2 aromatic carbocycles. The summed E-state index contributed by atoms with van der Waals surface area (Å²) in [6, 6.07) is 13.1. The molecule has 0 spiro atoms. The molecule has 1 unspecified atom stereocenters. The summed E-state index contributed by atoms with van der Waals surface area (Å²) in [7, 11) is 3.94. The number of thiazole rings is 1. The summed E-state index contributed by atoms with van der Waals surface area (Å²) in [5.74, 6) is -0.287. The predicted octanol–water partition coefficient (Wildman–Crippen LogP) is 5.80. The highest BCUT2D eigenvalue weighted by molar-refractivity contribution is 8.03. The third-order valence-corrected chi connectivity index (χ3v) is 7.83. The highest BCUT2D eigenvalue weighted by Gasteiger charge is 2.22. The Balaban J connectivity index is 1.39. The largest absolute Gasteiger partial charge is 0.332 e. The number of nitrogens with zero attached hydrogens (tertiary/aromatic N) is 2. The first-order valence-electron chi connectivity index (χ1n) is 10.2. The second-order valence-corrected chi connectivity index (χ2v) is 9.71. The van der Waals surface area contributed by atoms with Crippen molar-refractivity contribution in [1.82, 2.24) is 0 Å². The second kappa shape index (κ2) is 8.40. The monoisotopic (exact) mass is 459 g/mol. The Morgan fingerprint density at radius 2 is 2.03 bits per heavy atom. The molecule has 1 aromatic heterocycles. The number of anilines is 1. The maximum absolute atomic E-state index is 13.6. The molecular weight excluding hydrogens is 439 g/mol. The number of ketones is 1. The molecule has 6 heteroatoms. The minimum atomic E-state index is -0.249. The van der Waals surface area contributed by atoms with Gasteiger partial charge in [-0.1, -0.05) is 53.1 Å². The first-order chi connectivity index (χ1) is 15.5. The van der Waals surface area contributed by atoms with Gasteiger partial charge in [0.2, 0.25) is 5.52 Å². The molecule has 3 aromatic rings. The van der Waals surface area contributed by atoms with E-state index >= 15 is 0 Å². The molecule has 158 valence electrons. The van der Waals surface area contributed by atoms with E-state index in [1.54, 1.807) is 35.2 Å². The van der Waals surface area contributed by atoms with Gasteiger partial charge >= 0.3 is 0 Å². The topological polar surface area (TPSA) is 24.2 Å². The van der Waals surface area contributed by atoms with Gasteiger partial charge in [0.25, 0.3) is 5.01 Å². The van der Waals surface area contributed by atoms with Crippen LogP contribution in [0, 0.1) is 11.7 Å². The smallest absolute Gasteiger partial charge is 0.262 e. The maximum Gasteiger partial charge on any atom is 0.262 e. The van der Waals surface area contributed by atoms with Crippen LogP contribution in [0.15, 0.2) is 94.1 Å². The van der Waals surface area contributed by atoms with Gasteiger partial charge in [0.15, 0.2) is 5.78 Å². The SMILES string of the molecule is CN1C(=C=CC2C=CC(=O)C(/C=C/c3sc4ccccc4[n+]3C)=C2)Sc2ccc(F)cc21. The number of carbonyl (C=O) groups is 1. The van der Waals surface area contributed by atoms with E-state index in [0.717, 1.165) is 20.6 Å². The summed E-state index contributed by atoms with van der Waals surface area (Å²) >= 11 is 3.26. The van der Waals surface area contributed by atoms with E-state index in [4.69, 9.17) is 0 Å². The molecule has 0 N–H and O–H groups in total. The van der Waals surface area contributed by atoms with E-state index in [0.29, 0.717) is 5.57 Å². The minimum absolute atomic E-state index is 0.00226.